The van der Waals surface area contributed by atoms with Crippen LogP contribution in [0.5, 0.6) is 0 Å². The van der Waals surface area contributed by atoms with Gasteiger partial charge in [0.15, 0.2) is 0 Å². The second kappa shape index (κ2) is 4.13. The van der Waals surface area contributed by atoms with Gasteiger partial charge in [-0.25, -0.2) is 0 Å². The molecular weight excluding hydrogens is 264 g/mol. The third kappa shape index (κ3) is 1.50. The normalized spacial score (nSPS) is 17.1. The van der Waals surface area contributed by atoms with E-state index in [0.29, 0.717) is 5.25 Å². The van der Waals surface area contributed by atoms with Crippen LogP contribution in [0.3, 0.4) is 0 Å². The van der Waals surface area contributed by atoms with Gasteiger partial charge >= 0.3 is 0 Å². The zero-order chi connectivity index (χ0) is 13.9. The lowest BCUT2D eigenvalue weighted by molar-refractivity contribution is 0.783. The molecule has 0 bridgehead atoms. The maximum Gasteiger partial charge on any atom is 0.0688 e. The molecule has 2 aromatic carbocycles. The van der Waals surface area contributed by atoms with Crippen molar-refractivity contribution >= 4 is 22.7 Å². The molecule has 1 unspecified atom stereocenters. The molecule has 0 spiro atoms. The highest BCUT2D eigenvalue weighted by Crippen LogP contribution is 2.51. The number of thioether (sulfide) groups is 1. The molecule has 0 fully saturated rings. The summed E-state index contributed by atoms with van der Waals surface area (Å²) in [6.45, 7) is 4.39. The average Bonchev–Trinajstić information content (AvgIpc) is 2.74. The molecule has 100 valence electrons. The quantitative estimate of drug-likeness (QED) is 0.593. The summed E-state index contributed by atoms with van der Waals surface area (Å²) in [7, 11) is 2.02. The van der Waals surface area contributed by atoms with Gasteiger partial charge in [0.2, 0.25) is 0 Å². The van der Waals surface area contributed by atoms with Gasteiger partial charge in [-0.2, -0.15) is 5.10 Å². The van der Waals surface area contributed by atoms with E-state index in [1.54, 1.807) is 0 Å². The van der Waals surface area contributed by atoms with Crippen LogP contribution >= 0.6 is 11.8 Å². The lowest BCUT2D eigenvalue weighted by atomic mass is 9.94. The van der Waals surface area contributed by atoms with Crippen LogP contribution in [-0.2, 0) is 7.05 Å². The Morgan fingerprint density at radius 3 is 2.80 bits per heavy atom. The van der Waals surface area contributed by atoms with E-state index in [0.717, 1.165) is 5.69 Å². The summed E-state index contributed by atoms with van der Waals surface area (Å²) in [6, 6.07) is 13.2. The largest absolute Gasteiger partial charge is 0.268 e. The number of rotatable bonds is 0. The summed E-state index contributed by atoms with van der Waals surface area (Å²) in [6.07, 6.45) is 0. The maximum atomic E-state index is 4.60. The molecule has 0 aliphatic carbocycles. The zero-order valence-electron chi connectivity index (χ0n) is 11.8. The monoisotopic (exact) mass is 280 g/mol. The molecule has 2 heterocycles. The minimum atomic E-state index is 0.508. The first-order valence-corrected chi connectivity index (χ1v) is 7.77. The van der Waals surface area contributed by atoms with Gasteiger partial charge in [0.1, 0.15) is 0 Å². The minimum absolute atomic E-state index is 0.508. The number of nitrogens with zero attached hydrogens (tertiary/aromatic N) is 2. The van der Waals surface area contributed by atoms with Crippen LogP contribution in [-0.4, -0.2) is 9.78 Å². The van der Waals surface area contributed by atoms with Crippen LogP contribution in [0.1, 0.15) is 23.4 Å². The third-order valence-corrected chi connectivity index (χ3v) is 5.33. The van der Waals surface area contributed by atoms with E-state index in [4.69, 9.17) is 0 Å². The van der Waals surface area contributed by atoms with Gasteiger partial charge in [-0.1, -0.05) is 24.3 Å². The fourth-order valence-electron chi connectivity index (χ4n) is 3.24. The van der Waals surface area contributed by atoms with Crippen molar-refractivity contribution in [2.75, 3.05) is 0 Å². The van der Waals surface area contributed by atoms with Crippen LogP contribution in [0.15, 0.2) is 41.3 Å². The van der Waals surface area contributed by atoms with Crippen LogP contribution in [0.25, 0.3) is 22.0 Å². The smallest absolute Gasteiger partial charge is 0.0688 e. The average molecular weight is 280 g/mol. The molecule has 20 heavy (non-hydrogen) atoms. The van der Waals surface area contributed by atoms with Crippen LogP contribution in [0.2, 0.25) is 0 Å². The number of aryl methyl sites for hydroxylation is 2. The van der Waals surface area contributed by atoms with Crippen LogP contribution in [0.4, 0.5) is 0 Å². The Labute approximate surface area is 122 Å². The highest BCUT2D eigenvalue weighted by Gasteiger charge is 2.25. The van der Waals surface area contributed by atoms with Crippen molar-refractivity contribution in [2.24, 2.45) is 7.05 Å². The summed E-state index contributed by atoms with van der Waals surface area (Å²) in [4.78, 5) is 1.37. The number of aromatic nitrogens is 2. The standard InChI is InChI=1S/C17H16N2S/c1-10-16-14(19(3)18-10)8-9-15-17(16)13-7-5-4-6-12(13)11(2)20-15/h4-9,11H,1-3H3. The lowest BCUT2D eigenvalue weighted by Crippen LogP contribution is -2.01. The van der Waals surface area contributed by atoms with Crippen molar-refractivity contribution in [1.82, 2.24) is 9.78 Å². The Balaban J connectivity index is 2.17. The van der Waals surface area contributed by atoms with Crippen molar-refractivity contribution in [3.8, 4) is 11.1 Å². The van der Waals surface area contributed by atoms with Gasteiger partial charge in [0.25, 0.3) is 0 Å². The molecule has 1 atom stereocenters. The van der Waals surface area contributed by atoms with Crippen molar-refractivity contribution in [1.29, 1.82) is 0 Å². The van der Waals surface area contributed by atoms with E-state index >= 15 is 0 Å². The van der Waals surface area contributed by atoms with Crippen molar-refractivity contribution in [2.45, 2.75) is 24.0 Å². The molecule has 3 heteroatoms. The summed E-state index contributed by atoms with van der Waals surface area (Å²) in [5.41, 5.74) is 6.50. The van der Waals surface area contributed by atoms with Gasteiger partial charge in [0, 0.05) is 28.1 Å². The highest BCUT2D eigenvalue weighted by molar-refractivity contribution is 7.99. The third-order valence-electron chi connectivity index (χ3n) is 4.13. The molecule has 1 aliphatic heterocycles. The van der Waals surface area contributed by atoms with Crippen molar-refractivity contribution in [3.63, 3.8) is 0 Å². The van der Waals surface area contributed by atoms with E-state index in [1.807, 2.05) is 23.5 Å². The summed E-state index contributed by atoms with van der Waals surface area (Å²) in [5.74, 6) is 0. The molecule has 4 rings (SSSR count). The first kappa shape index (κ1) is 12.0. The van der Waals surface area contributed by atoms with Crippen molar-refractivity contribution < 1.29 is 0 Å². The highest BCUT2D eigenvalue weighted by atomic mass is 32.2. The SMILES string of the molecule is Cc1nn(C)c2ccc3c(c12)-c1ccccc1C(C)S3. The van der Waals surface area contributed by atoms with Gasteiger partial charge < -0.3 is 0 Å². The van der Waals surface area contributed by atoms with E-state index < -0.39 is 0 Å². The first-order chi connectivity index (χ1) is 9.66. The molecule has 0 radical (unpaired) electrons. The number of hydrogen-bond acceptors (Lipinski definition) is 2. The van der Waals surface area contributed by atoms with Gasteiger partial charge in [0.05, 0.1) is 11.2 Å². The van der Waals surface area contributed by atoms with Gasteiger partial charge in [-0.15, -0.1) is 11.8 Å². The number of fused-ring (bicyclic) bond motifs is 5. The molecule has 1 aliphatic rings. The molecule has 3 aromatic rings. The fraction of sp³-hybridized carbons (Fsp3) is 0.235. The predicted molar refractivity (Wildman–Crippen MR) is 85.2 cm³/mol. The summed E-state index contributed by atoms with van der Waals surface area (Å²) >= 11 is 1.95. The van der Waals surface area contributed by atoms with E-state index in [1.165, 1.54) is 32.5 Å². The maximum absolute atomic E-state index is 4.60. The molecule has 0 amide bonds. The van der Waals surface area contributed by atoms with E-state index in [9.17, 15) is 0 Å². The predicted octanol–water partition coefficient (Wildman–Crippen LogP) is 4.72. The summed E-state index contributed by atoms with van der Waals surface area (Å²) < 4.78 is 1.98. The number of hydrogen-bond donors (Lipinski definition) is 0. The van der Waals surface area contributed by atoms with E-state index in [-0.39, 0.29) is 0 Å². The molecule has 0 N–H and O–H groups in total. The molecule has 0 saturated heterocycles. The Bertz CT molecular complexity index is 832. The zero-order valence-corrected chi connectivity index (χ0v) is 12.7. The van der Waals surface area contributed by atoms with Crippen molar-refractivity contribution in [3.05, 3.63) is 47.7 Å². The van der Waals surface area contributed by atoms with Crippen LogP contribution in [0, 0.1) is 6.92 Å². The second-order valence-electron chi connectivity index (χ2n) is 5.39. The molecular formula is C17H16N2S. The Morgan fingerprint density at radius 1 is 1.15 bits per heavy atom. The Morgan fingerprint density at radius 2 is 1.95 bits per heavy atom. The second-order valence-corrected chi connectivity index (χ2v) is 6.77. The number of benzene rings is 2. The van der Waals surface area contributed by atoms with E-state index in [2.05, 4.69) is 55.3 Å². The Kier molecular flexibility index (Phi) is 2.48. The van der Waals surface area contributed by atoms with Crippen LogP contribution < -0.4 is 0 Å². The molecule has 1 aromatic heterocycles. The van der Waals surface area contributed by atoms with Gasteiger partial charge in [-0.05, 0) is 37.1 Å². The molecule has 2 nitrogen and oxygen atoms in total. The minimum Gasteiger partial charge on any atom is -0.268 e. The Hall–Kier alpha value is -1.74. The molecule has 0 saturated carbocycles. The topological polar surface area (TPSA) is 17.8 Å². The fourth-order valence-corrected chi connectivity index (χ4v) is 4.43. The summed E-state index contributed by atoms with van der Waals surface area (Å²) in [5, 5.41) is 6.41. The first-order valence-electron chi connectivity index (χ1n) is 6.89. The lowest BCUT2D eigenvalue weighted by Gasteiger charge is -2.25. The van der Waals surface area contributed by atoms with Gasteiger partial charge in [-0.3, -0.25) is 4.68 Å².